The number of amides is 1. The molecule has 1 amide bonds. The zero-order valence-corrected chi connectivity index (χ0v) is 15.3. The summed E-state index contributed by atoms with van der Waals surface area (Å²) >= 11 is 17.3. The first-order valence-electron chi connectivity index (χ1n) is 6.69. The Labute approximate surface area is 151 Å². The molecule has 2 nitrogen and oxygen atoms in total. The molecule has 2 aromatic rings. The molecule has 1 fully saturated rings. The summed E-state index contributed by atoms with van der Waals surface area (Å²) < 4.78 is 1.03. The molecule has 1 aliphatic heterocycles. The van der Waals surface area contributed by atoms with Crippen LogP contribution in [0.25, 0.3) is 0 Å². The van der Waals surface area contributed by atoms with Crippen molar-refractivity contribution in [3.63, 3.8) is 0 Å². The highest BCUT2D eigenvalue weighted by Gasteiger charge is 2.32. The molecule has 1 aliphatic rings. The lowest BCUT2D eigenvalue weighted by atomic mass is 10.1. The highest BCUT2D eigenvalue weighted by atomic mass is 79.9. The summed E-state index contributed by atoms with van der Waals surface area (Å²) in [4.78, 5) is 14.7. The van der Waals surface area contributed by atoms with Crippen molar-refractivity contribution >= 4 is 56.8 Å². The molecule has 0 spiro atoms. The van der Waals surface area contributed by atoms with Crippen LogP contribution in [0.5, 0.6) is 0 Å². The third kappa shape index (κ3) is 3.30. The van der Waals surface area contributed by atoms with Gasteiger partial charge >= 0.3 is 0 Å². The van der Waals surface area contributed by atoms with E-state index in [1.54, 1.807) is 30.0 Å². The second-order valence-corrected chi connectivity index (χ2v) is 7.84. The summed E-state index contributed by atoms with van der Waals surface area (Å²) in [7, 11) is 0. The van der Waals surface area contributed by atoms with Crippen LogP contribution in [0, 0.1) is 0 Å². The third-order valence-corrected chi connectivity index (χ3v) is 5.81. The largest absolute Gasteiger partial charge is 0.322 e. The van der Waals surface area contributed by atoms with E-state index in [2.05, 4.69) is 15.9 Å². The minimum atomic E-state index is -0.0559. The van der Waals surface area contributed by atoms with Gasteiger partial charge in [-0.25, -0.2) is 0 Å². The van der Waals surface area contributed by atoms with Gasteiger partial charge in [0.15, 0.2) is 0 Å². The van der Waals surface area contributed by atoms with Gasteiger partial charge in [0, 0.05) is 21.8 Å². The molecule has 3 rings (SSSR count). The van der Waals surface area contributed by atoms with Crippen molar-refractivity contribution in [1.29, 1.82) is 0 Å². The van der Waals surface area contributed by atoms with Crippen molar-refractivity contribution in [2.45, 2.75) is 5.37 Å². The van der Waals surface area contributed by atoms with E-state index >= 15 is 0 Å². The third-order valence-electron chi connectivity index (χ3n) is 3.47. The smallest absolute Gasteiger partial charge is 0.256 e. The molecule has 1 unspecified atom stereocenters. The van der Waals surface area contributed by atoms with Crippen molar-refractivity contribution in [2.24, 2.45) is 0 Å². The molecule has 0 saturated carbocycles. The maximum absolute atomic E-state index is 12.8. The van der Waals surface area contributed by atoms with Crippen LogP contribution in [-0.2, 0) is 0 Å². The molecule has 0 radical (unpaired) electrons. The maximum atomic E-state index is 12.8. The Morgan fingerprint density at radius 2 is 1.91 bits per heavy atom. The zero-order valence-electron chi connectivity index (χ0n) is 11.4. The van der Waals surface area contributed by atoms with Crippen molar-refractivity contribution in [2.75, 3.05) is 12.3 Å². The summed E-state index contributed by atoms with van der Waals surface area (Å²) in [5.41, 5.74) is 1.61. The van der Waals surface area contributed by atoms with E-state index in [4.69, 9.17) is 23.2 Å². The van der Waals surface area contributed by atoms with Gasteiger partial charge in [-0.15, -0.1) is 11.8 Å². The van der Waals surface area contributed by atoms with Crippen LogP contribution in [-0.4, -0.2) is 23.1 Å². The molecule has 0 bridgehead atoms. The number of rotatable bonds is 2. The molecule has 1 heterocycles. The molecule has 1 saturated heterocycles. The first-order chi connectivity index (χ1) is 10.6. The van der Waals surface area contributed by atoms with Gasteiger partial charge in [-0.1, -0.05) is 51.3 Å². The molecule has 114 valence electrons. The fourth-order valence-corrected chi connectivity index (χ4v) is 4.41. The standard InChI is InChI=1S/C16H12BrCl2NOS/c17-11-3-1-10(2-4-11)16-20(7-8-22-16)15(21)13-6-5-12(18)9-14(13)19/h1-6,9,16H,7-8H2. The van der Waals surface area contributed by atoms with E-state index in [0.717, 1.165) is 15.8 Å². The lowest BCUT2D eigenvalue weighted by Gasteiger charge is -2.24. The number of carbonyl (C=O) groups excluding carboxylic acids is 1. The molecule has 2 aromatic carbocycles. The minimum Gasteiger partial charge on any atom is -0.322 e. The van der Waals surface area contributed by atoms with Crippen LogP contribution in [0.4, 0.5) is 0 Å². The number of carbonyl (C=O) groups is 1. The highest BCUT2D eigenvalue weighted by molar-refractivity contribution is 9.10. The fourth-order valence-electron chi connectivity index (χ4n) is 2.40. The van der Waals surface area contributed by atoms with E-state index in [9.17, 15) is 4.79 Å². The Balaban J connectivity index is 1.89. The Hall–Kier alpha value is -0.680. The summed E-state index contributed by atoms with van der Waals surface area (Å²) in [5, 5.41) is 0.943. The average Bonchev–Trinajstić information content (AvgIpc) is 2.97. The predicted octanol–water partition coefficient (Wildman–Crippen LogP) is 5.64. The number of thioether (sulfide) groups is 1. The number of hydrogen-bond acceptors (Lipinski definition) is 2. The van der Waals surface area contributed by atoms with E-state index in [1.807, 2.05) is 29.2 Å². The Bertz CT molecular complexity index is 708. The van der Waals surface area contributed by atoms with Crippen LogP contribution in [0.15, 0.2) is 46.9 Å². The van der Waals surface area contributed by atoms with Crippen LogP contribution in [0.2, 0.25) is 10.0 Å². The topological polar surface area (TPSA) is 20.3 Å². The first-order valence-corrected chi connectivity index (χ1v) is 9.29. The fraction of sp³-hybridized carbons (Fsp3) is 0.188. The van der Waals surface area contributed by atoms with E-state index in [1.165, 1.54) is 0 Å². The lowest BCUT2D eigenvalue weighted by molar-refractivity contribution is 0.0760. The lowest BCUT2D eigenvalue weighted by Crippen LogP contribution is -2.30. The number of halogens is 3. The monoisotopic (exact) mass is 415 g/mol. The summed E-state index contributed by atoms with van der Waals surface area (Å²) in [6.07, 6.45) is 0. The Morgan fingerprint density at radius 3 is 2.59 bits per heavy atom. The Kier molecular flexibility index (Phi) is 5.03. The van der Waals surface area contributed by atoms with E-state index in [0.29, 0.717) is 22.2 Å². The minimum absolute atomic E-state index is 0.0207. The Morgan fingerprint density at radius 1 is 1.18 bits per heavy atom. The highest BCUT2D eigenvalue weighted by Crippen LogP contribution is 2.39. The predicted molar refractivity (Wildman–Crippen MR) is 96.8 cm³/mol. The molecule has 6 heteroatoms. The van der Waals surface area contributed by atoms with Gasteiger partial charge in [-0.2, -0.15) is 0 Å². The van der Waals surface area contributed by atoms with Crippen LogP contribution < -0.4 is 0 Å². The van der Waals surface area contributed by atoms with Gasteiger partial charge in [0.25, 0.3) is 5.91 Å². The van der Waals surface area contributed by atoms with Crippen LogP contribution >= 0.6 is 50.9 Å². The van der Waals surface area contributed by atoms with Crippen LogP contribution in [0.3, 0.4) is 0 Å². The van der Waals surface area contributed by atoms with Gasteiger partial charge in [-0.3, -0.25) is 4.79 Å². The molecule has 1 atom stereocenters. The second kappa shape index (κ2) is 6.83. The quantitative estimate of drug-likeness (QED) is 0.630. The molecular formula is C16H12BrCl2NOS. The van der Waals surface area contributed by atoms with Crippen molar-refractivity contribution in [1.82, 2.24) is 4.90 Å². The zero-order chi connectivity index (χ0) is 15.7. The van der Waals surface area contributed by atoms with Gasteiger partial charge in [-0.05, 0) is 35.9 Å². The number of hydrogen-bond donors (Lipinski definition) is 0. The SMILES string of the molecule is O=C(c1ccc(Cl)cc1Cl)N1CCSC1c1ccc(Br)cc1. The molecule has 22 heavy (non-hydrogen) atoms. The van der Waals surface area contributed by atoms with Gasteiger partial charge in [0.05, 0.1) is 10.6 Å². The van der Waals surface area contributed by atoms with Crippen LogP contribution in [0.1, 0.15) is 21.3 Å². The molecule has 0 aliphatic carbocycles. The molecule has 0 aromatic heterocycles. The maximum Gasteiger partial charge on any atom is 0.256 e. The average molecular weight is 417 g/mol. The van der Waals surface area contributed by atoms with E-state index < -0.39 is 0 Å². The van der Waals surface area contributed by atoms with E-state index in [-0.39, 0.29) is 11.3 Å². The van der Waals surface area contributed by atoms with Gasteiger partial charge in [0.2, 0.25) is 0 Å². The summed E-state index contributed by atoms with van der Waals surface area (Å²) in [6.45, 7) is 0.711. The van der Waals surface area contributed by atoms with Crippen molar-refractivity contribution in [3.8, 4) is 0 Å². The summed E-state index contributed by atoms with van der Waals surface area (Å²) in [5.74, 6) is 0.858. The summed E-state index contributed by atoms with van der Waals surface area (Å²) in [6, 6.07) is 13.0. The van der Waals surface area contributed by atoms with Crippen molar-refractivity contribution < 1.29 is 4.79 Å². The van der Waals surface area contributed by atoms with Crippen molar-refractivity contribution in [3.05, 3.63) is 68.1 Å². The second-order valence-electron chi connectivity index (χ2n) is 4.90. The first kappa shape index (κ1) is 16.2. The molecular weight excluding hydrogens is 405 g/mol. The number of benzene rings is 2. The number of nitrogens with zero attached hydrogens (tertiary/aromatic N) is 1. The molecule has 0 N–H and O–H groups in total. The van der Waals surface area contributed by atoms with Gasteiger partial charge < -0.3 is 4.90 Å². The van der Waals surface area contributed by atoms with Gasteiger partial charge in [0.1, 0.15) is 5.37 Å². The normalized spacial score (nSPS) is 17.8.